The smallest absolute Gasteiger partial charge is 0.265 e. The summed E-state index contributed by atoms with van der Waals surface area (Å²) in [4.78, 5) is 19.5. The molecule has 1 aromatic heterocycles. The van der Waals surface area contributed by atoms with Crippen molar-refractivity contribution in [3.05, 3.63) is 16.1 Å². The molecule has 2 heterocycles. The molecule has 1 fully saturated rings. The average molecular weight is 267 g/mol. The number of amides is 1. The van der Waals surface area contributed by atoms with E-state index in [1.54, 1.807) is 6.20 Å². The van der Waals surface area contributed by atoms with E-state index in [9.17, 15) is 4.79 Å². The molecule has 1 aliphatic rings. The first-order chi connectivity index (χ1) is 8.65. The second-order valence-corrected chi connectivity index (χ2v) is 6.01. The fraction of sp³-hybridized carbons (Fsp3) is 0.692. The molecule has 18 heavy (non-hydrogen) atoms. The molecule has 0 aliphatic carbocycles. The minimum absolute atomic E-state index is 0.146. The number of rotatable bonds is 3. The molecule has 2 unspecified atom stereocenters. The monoisotopic (exact) mass is 267 g/mol. The van der Waals surface area contributed by atoms with Gasteiger partial charge in [-0.15, -0.1) is 11.3 Å². The van der Waals surface area contributed by atoms with Crippen molar-refractivity contribution in [3.63, 3.8) is 0 Å². The van der Waals surface area contributed by atoms with Crippen molar-refractivity contribution >= 4 is 17.2 Å². The van der Waals surface area contributed by atoms with Crippen LogP contribution in [-0.2, 0) is 0 Å². The molecule has 1 amide bonds. The third-order valence-corrected chi connectivity index (χ3v) is 4.46. The maximum atomic E-state index is 12.5. The fourth-order valence-corrected chi connectivity index (χ4v) is 3.09. The van der Waals surface area contributed by atoms with Crippen LogP contribution in [0.2, 0.25) is 0 Å². The van der Waals surface area contributed by atoms with Gasteiger partial charge in [-0.2, -0.15) is 0 Å². The van der Waals surface area contributed by atoms with Crippen LogP contribution < -0.4 is 5.32 Å². The minimum atomic E-state index is 0.146. The third-order valence-electron chi connectivity index (χ3n) is 3.56. The Hall–Kier alpha value is -0.940. The van der Waals surface area contributed by atoms with Crippen molar-refractivity contribution in [2.24, 2.45) is 0 Å². The number of hydrogen-bond donors (Lipinski definition) is 1. The summed E-state index contributed by atoms with van der Waals surface area (Å²) in [6.07, 6.45) is 3.76. The standard InChI is InChI=1S/C13H21N3OS/c1-4-10-8-16(11(5-2)6-15-10)13(17)12-7-14-9(3)18-12/h7,10-11,15H,4-6,8H2,1-3H3. The first-order valence-electron chi connectivity index (χ1n) is 6.62. The van der Waals surface area contributed by atoms with E-state index in [0.29, 0.717) is 12.1 Å². The van der Waals surface area contributed by atoms with Gasteiger partial charge in [-0.1, -0.05) is 13.8 Å². The number of thiazole rings is 1. The van der Waals surface area contributed by atoms with Crippen LogP contribution in [0.1, 0.15) is 41.4 Å². The zero-order chi connectivity index (χ0) is 13.1. The van der Waals surface area contributed by atoms with Gasteiger partial charge in [-0.05, 0) is 19.8 Å². The Bertz CT molecular complexity index is 418. The van der Waals surface area contributed by atoms with Gasteiger partial charge in [0.25, 0.3) is 5.91 Å². The molecular formula is C13H21N3OS. The quantitative estimate of drug-likeness (QED) is 0.911. The minimum Gasteiger partial charge on any atom is -0.332 e. The Morgan fingerprint density at radius 2 is 2.33 bits per heavy atom. The summed E-state index contributed by atoms with van der Waals surface area (Å²) in [6, 6.07) is 0.730. The highest BCUT2D eigenvalue weighted by Gasteiger charge is 2.30. The van der Waals surface area contributed by atoms with Gasteiger partial charge in [-0.3, -0.25) is 4.79 Å². The summed E-state index contributed by atoms with van der Waals surface area (Å²) in [6.45, 7) is 7.94. The summed E-state index contributed by atoms with van der Waals surface area (Å²) < 4.78 is 0. The maximum Gasteiger partial charge on any atom is 0.265 e. The van der Waals surface area contributed by atoms with E-state index in [2.05, 4.69) is 24.1 Å². The highest BCUT2D eigenvalue weighted by atomic mass is 32.1. The molecule has 1 N–H and O–H groups in total. The molecule has 0 saturated carbocycles. The van der Waals surface area contributed by atoms with Crippen molar-refractivity contribution in [1.82, 2.24) is 15.2 Å². The van der Waals surface area contributed by atoms with Crippen molar-refractivity contribution in [2.75, 3.05) is 13.1 Å². The molecule has 0 bridgehead atoms. The Kier molecular flexibility index (Phi) is 4.35. The van der Waals surface area contributed by atoms with Gasteiger partial charge in [-0.25, -0.2) is 4.98 Å². The van der Waals surface area contributed by atoms with E-state index >= 15 is 0 Å². The topological polar surface area (TPSA) is 45.2 Å². The summed E-state index contributed by atoms with van der Waals surface area (Å²) in [5.41, 5.74) is 0. The van der Waals surface area contributed by atoms with E-state index in [4.69, 9.17) is 0 Å². The molecule has 2 atom stereocenters. The Morgan fingerprint density at radius 1 is 1.56 bits per heavy atom. The fourth-order valence-electron chi connectivity index (χ4n) is 2.35. The SMILES string of the molecule is CCC1CN(C(=O)c2cnc(C)s2)C(CC)CN1. The molecule has 100 valence electrons. The molecule has 4 nitrogen and oxygen atoms in total. The van der Waals surface area contributed by atoms with Crippen molar-refractivity contribution in [2.45, 2.75) is 45.7 Å². The lowest BCUT2D eigenvalue weighted by Gasteiger charge is -2.39. The first-order valence-corrected chi connectivity index (χ1v) is 7.44. The van der Waals surface area contributed by atoms with E-state index in [-0.39, 0.29) is 5.91 Å². The molecule has 0 spiro atoms. The zero-order valence-corrected chi connectivity index (χ0v) is 12.1. The lowest BCUT2D eigenvalue weighted by Crippen LogP contribution is -2.57. The van der Waals surface area contributed by atoms with Gasteiger partial charge < -0.3 is 10.2 Å². The lowest BCUT2D eigenvalue weighted by molar-refractivity contribution is 0.0580. The predicted molar refractivity (Wildman–Crippen MR) is 74.0 cm³/mol. The van der Waals surface area contributed by atoms with Crippen LogP contribution in [0.15, 0.2) is 6.20 Å². The van der Waals surface area contributed by atoms with Crippen molar-refractivity contribution in [3.8, 4) is 0 Å². The number of nitrogens with zero attached hydrogens (tertiary/aromatic N) is 2. The van der Waals surface area contributed by atoms with Gasteiger partial charge in [0.1, 0.15) is 4.88 Å². The van der Waals surface area contributed by atoms with Gasteiger partial charge in [0.2, 0.25) is 0 Å². The summed E-state index contributed by atoms with van der Waals surface area (Å²) >= 11 is 1.49. The lowest BCUT2D eigenvalue weighted by atomic mass is 10.1. The Balaban J connectivity index is 2.14. The number of carbonyl (C=O) groups excluding carboxylic acids is 1. The molecule has 0 aromatic carbocycles. The second-order valence-electron chi connectivity index (χ2n) is 4.78. The highest BCUT2D eigenvalue weighted by molar-refractivity contribution is 7.13. The number of hydrogen-bond acceptors (Lipinski definition) is 4. The molecule has 0 radical (unpaired) electrons. The number of nitrogens with one attached hydrogen (secondary N) is 1. The summed E-state index contributed by atoms with van der Waals surface area (Å²) in [5.74, 6) is 0.146. The van der Waals surface area contributed by atoms with Crippen LogP contribution >= 0.6 is 11.3 Å². The van der Waals surface area contributed by atoms with Crippen molar-refractivity contribution < 1.29 is 4.79 Å². The molecule has 2 rings (SSSR count). The van der Waals surface area contributed by atoms with Crippen LogP contribution in [0, 0.1) is 6.92 Å². The number of carbonyl (C=O) groups is 1. The van der Waals surface area contributed by atoms with E-state index < -0.39 is 0 Å². The van der Waals surface area contributed by atoms with Crippen molar-refractivity contribution in [1.29, 1.82) is 0 Å². The Labute approximate surface area is 112 Å². The third kappa shape index (κ3) is 2.72. The molecule has 1 aromatic rings. The molecule has 1 saturated heterocycles. The Morgan fingerprint density at radius 3 is 2.89 bits per heavy atom. The van der Waals surface area contributed by atoms with Crippen LogP contribution in [-0.4, -0.2) is 41.0 Å². The van der Waals surface area contributed by atoms with E-state index in [1.807, 2.05) is 11.8 Å². The van der Waals surface area contributed by atoms with Crippen LogP contribution in [0.4, 0.5) is 0 Å². The average Bonchev–Trinajstić information content (AvgIpc) is 2.83. The number of aromatic nitrogens is 1. The molecular weight excluding hydrogens is 246 g/mol. The molecule has 5 heteroatoms. The number of piperazine rings is 1. The largest absolute Gasteiger partial charge is 0.332 e. The summed E-state index contributed by atoms with van der Waals surface area (Å²) in [5, 5.41) is 4.46. The normalized spacial score (nSPS) is 24.3. The van der Waals surface area contributed by atoms with Crippen LogP contribution in [0.25, 0.3) is 0 Å². The van der Waals surface area contributed by atoms with E-state index in [1.165, 1.54) is 11.3 Å². The van der Waals surface area contributed by atoms with Crippen LogP contribution in [0.5, 0.6) is 0 Å². The van der Waals surface area contributed by atoms with Gasteiger partial charge in [0, 0.05) is 25.2 Å². The zero-order valence-electron chi connectivity index (χ0n) is 11.3. The van der Waals surface area contributed by atoms with Crippen LogP contribution in [0.3, 0.4) is 0 Å². The summed E-state index contributed by atoms with van der Waals surface area (Å²) in [7, 11) is 0. The maximum absolute atomic E-state index is 12.5. The van der Waals surface area contributed by atoms with Gasteiger partial charge in [0.05, 0.1) is 11.2 Å². The van der Waals surface area contributed by atoms with Gasteiger partial charge >= 0.3 is 0 Å². The number of aryl methyl sites for hydroxylation is 1. The first kappa shape index (κ1) is 13.5. The van der Waals surface area contributed by atoms with E-state index in [0.717, 1.165) is 35.8 Å². The highest BCUT2D eigenvalue weighted by Crippen LogP contribution is 2.19. The van der Waals surface area contributed by atoms with Gasteiger partial charge in [0.15, 0.2) is 0 Å². The predicted octanol–water partition coefficient (Wildman–Crippen LogP) is 2.05. The second kappa shape index (κ2) is 5.80. The molecule has 1 aliphatic heterocycles.